The summed E-state index contributed by atoms with van der Waals surface area (Å²) in [7, 11) is 1.63. The zero-order valence-corrected chi connectivity index (χ0v) is 18.9. The second-order valence-electron chi connectivity index (χ2n) is 8.44. The molecule has 2 aromatic heterocycles. The van der Waals surface area contributed by atoms with Crippen molar-refractivity contribution in [2.24, 2.45) is 0 Å². The third kappa shape index (κ3) is 4.41. The third-order valence-corrected chi connectivity index (χ3v) is 6.20. The van der Waals surface area contributed by atoms with Crippen molar-refractivity contribution in [2.75, 3.05) is 38.7 Å². The summed E-state index contributed by atoms with van der Waals surface area (Å²) in [6.45, 7) is 4.43. The minimum Gasteiger partial charge on any atom is -0.496 e. The van der Waals surface area contributed by atoms with Gasteiger partial charge in [-0.2, -0.15) is 0 Å². The number of carbonyl (C=O) groups excluding carboxylic acids is 1. The second-order valence-corrected chi connectivity index (χ2v) is 8.44. The van der Waals surface area contributed by atoms with E-state index in [1.165, 1.54) is 0 Å². The first-order valence-corrected chi connectivity index (χ1v) is 11.3. The Morgan fingerprint density at radius 2 is 2.09 bits per heavy atom. The number of nitrogens with zero attached hydrogens (tertiary/aromatic N) is 4. The SMILES string of the molecule is COc1cc(Nc2ncc3c(n2)C(C(=O)N2CCOCC2)CCC3)ccc1-c1ncc(C)[nH]1. The quantitative estimate of drug-likeness (QED) is 0.617. The molecule has 9 nitrogen and oxygen atoms in total. The molecule has 2 N–H and O–H groups in total. The number of benzene rings is 1. The molecular weight excluding hydrogens is 420 g/mol. The molecule has 33 heavy (non-hydrogen) atoms. The number of amides is 1. The van der Waals surface area contributed by atoms with E-state index in [0.29, 0.717) is 38.0 Å². The second kappa shape index (κ2) is 9.19. The van der Waals surface area contributed by atoms with Gasteiger partial charge in [0.15, 0.2) is 0 Å². The third-order valence-electron chi connectivity index (χ3n) is 6.20. The summed E-state index contributed by atoms with van der Waals surface area (Å²) >= 11 is 0. The van der Waals surface area contributed by atoms with Crippen LogP contribution in [0.3, 0.4) is 0 Å². The van der Waals surface area contributed by atoms with Crippen LogP contribution < -0.4 is 10.1 Å². The summed E-state index contributed by atoms with van der Waals surface area (Å²) in [6, 6.07) is 5.78. The molecule has 3 heterocycles. The molecule has 0 radical (unpaired) electrons. The standard InChI is InChI=1S/C24H28N6O3/c1-15-13-25-22(27-15)18-7-6-17(12-20(18)32-2)28-24-26-14-16-4-3-5-19(21(16)29-24)23(31)30-8-10-33-11-9-30/h6-7,12-14,19H,3-5,8-11H2,1-2H3,(H,25,27)(H,26,28,29). The maximum absolute atomic E-state index is 13.2. The van der Waals surface area contributed by atoms with Gasteiger partial charge in [-0.3, -0.25) is 4.79 Å². The number of H-pyrrole nitrogens is 1. The first kappa shape index (κ1) is 21.4. The van der Waals surface area contributed by atoms with Crippen LogP contribution in [-0.2, 0) is 16.0 Å². The molecule has 1 saturated heterocycles. The fourth-order valence-electron chi connectivity index (χ4n) is 4.50. The van der Waals surface area contributed by atoms with Gasteiger partial charge in [0, 0.05) is 42.9 Å². The number of ether oxygens (including phenoxy) is 2. The van der Waals surface area contributed by atoms with Crippen LogP contribution in [0, 0.1) is 6.92 Å². The Hall–Kier alpha value is -3.46. The van der Waals surface area contributed by atoms with Crippen molar-refractivity contribution in [2.45, 2.75) is 32.1 Å². The van der Waals surface area contributed by atoms with Crippen LogP contribution >= 0.6 is 0 Å². The molecule has 2 aliphatic rings. The lowest BCUT2D eigenvalue weighted by molar-refractivity contribution is -0.137. The average molecular weight is 449 g/mol. The lowest BCUT2D eigenvalue weighted by atomic mass is 9.86. The molecule has 0 bridgehead atoms. The van der Waals surface area contributed by atoms with Gasteiger partial charge in [0.25, 0.3) is 0 Å². The Morgan fingerprint density at radius 3 is 2.85 bits per heavy atom. The maximum atomic E-state index is 13.2. The molecule has 1 aliphatic carbocycles. The fraction of sp³-hybridized carbons (Fsp3) is 0.417. The van der Waals surface area contributed by atoms with Crippen molar-refractivity contribution in [3.8, 4) is 17.1 Å². The van der Waals surface area contributed by atoms with Gasteiger partial charge in [0.05, 0.1) is 37.5 Å². The van der Waals surface area contributed by atoms with Gasteiger partial charge in [-0.25, -0.2) is 15.0 Å². The number of anilines is 2. The predicted octanol–water partition coefficient (Wildman–Crippen LogP) is 3.21. The molecule has 0 saturated carbocycles. The van der Waals surface area contributed by atoms with Crippen LogP contribution in [0.15, 0.2) is 30.6 Å². The van der Waals surface area contributed by atoms with E-state index in [1.807, 2.05) is 36.2 Å². The van der Waals surface area contributed by atoms with Crippen molar-refractivity contribution >= 4 is 17.5 Å². The smallest absolute Gasteiger partial charge is 0.231 e. The molecular formula is C24H28N6O3. The summed E-state index contributed by atoms with van der Waals surface area (Å²) in [5.74, 6) is 1.83. The fourth-order valence-corrected chi connectivity index (χ4v) is 4.50. The van der Waals surface area contributed by atoms with Crippen molar-refractivity contribution in [3.63, 3.8) is 0 Å². The Labute approximate surface area is 192 Å². The van der Waals surface area contributed by atoms with Crippen molar-refractivity contribution in [1.29, 1.82) is 0 Å². The van der Waals surface area contributed by atoms with Crippen LogP contribution in [0.1, 0.15) is 35.7 Å². The number of hydrogen-bond donors (Lipinski definition) is 2. The molecule has 1 amide bonds. The van der Waals surface area contributed by atoms with Crippen molar-refractivity contribution in [3.05, 3.63) is 47.5 Å². The highest BCUT2D eigenvalue weighted by molar-refractivity contribution is 5.84. The number of aryl methyl sites for hydroxylation is 2. The maximum Gasteiger partial charge on any atom is 0.231 e. The number of methoxy groups -OCH3 is 1. The van der Waals surface area contributed by atoms with Gasteiger partial charge >= 0.3 is 0 Å². The Balaban J connectivity index is 1.39. The van der Waals surface area contributed by atoms with Crippen LogP contribution in [0.2, 0.25) is 0 Å². The first-order chi connectivity index (χ1) is 16.1. The number of imidazole rings is 1. The van der Waals surface area contributed by atoms with Gasteiger partial charge in [0.2, 0.25) is 11.9 Å². The van der Waals surface area contributed by atoms with Crippen LogP contribution in [0.4, 0.5) is 11.6 Å². The summed E-state index contributed by atoms with van der Waals surface area (Å²) < 4.78 is 11.0. The number of aromatic amines is 1. The normalized spacial score (nSPS) is 18.0. The molecule has 1 atom stereocenters. The minimum atomic E-state index is -0.227. The van der Waals surface area contributed by atoms with E-state index in [9.17, 15) is 4.79 Å². The predicted molar refractivity (Wildman–Crippen MR) is 124 cm³/mol. The van der Waals surface area contributed by atoms with Crippen LogP contribution in [0.5, 0.6) is 5.75 Å². The number of morpholine rings is 1. The van der Waals surface area contributed by atoms with E-state index in [-0.39, 0.29) is 11.8 Å². The Bertz CT molecular complexity index is 1150. The van der Waals surface area contributed by atoms with E-state index >= 15 is 0 Å². The Kier molecular flexibility index (Phi) is 5.95. The molecule has 5 rings (SSSR count). The molecule has 0 spiro atoms. The lowest BCUT2D eigenvalue weighted by Gasteiger charge is -2.32. The summed E-state index contributed by atoms with van der Waals surface area (Å²) in [4.78, 5) is 32.0. The van der Waals surface area contributed by atoms with Gasteiger partial charge < -0.3 is 24.7 Å². The monoisotopic (exact) mass is 448 g/mol. The number of nitrogens with one attached hydrogen (secondary N) is 2. The van der Waals surface area contributed by atoms with Crippen LogP contribution in [-0.4, -0.2) is 64.2 Å². The van der Waals surface area contributed by atoms with E-state index in [4.69, 9.17) is 14.5 Å². The summed E-state index contributed by atoms with van der Waals surface area (Å²) in [5, 5.41) is 3.27. The van der Waals surface area contributed by atoms with E-state index in [2.05, 4.69) is 20.3 Å². The van der Waals surface area contributed by atoms with E-state index < -0.39 is 0 Å². The number of aromatic nitrogens is 4. The minimum absolute atomic E-state index is 0.142. The number of rotatable bonds is 5. The average Bonchev–Trinajstić information content (AvgIpc) is 3.29. The molecule has 172 valence electrons. The van der Waals surface area contributed by atoms with Gasteiger partial charge in [0.1, 0.15) is 11.6 Å². The number of carbonyl (C=O) groups is 1. The Morgan fingerprint density at radius 1 is 1.24 bits per heavy atom. The summed E-state index contributed by atoms with van der Waals surface area (Å²) in [6.07, 6.45) is 6.31. The van der Waals surface area contributed by atoms with E-state index in [0.717, 1.165) is 53.3 Å². The molecule has 3 aromatic rings. The lowest BCUT2D eigenvalue weighted by Crippen LogP contribution is -2.43. The molecule has 1 fully saturated rings. The zero-order valence-electron chi connectivity index (χ0n) is 18.9. The molecule has 1 unspecified atom stereocenters. The summed E-state index contributed by atoms with van der Waals surface area (Å²) in [5.41, 5.74) is 4.55. The zero-order chi connectivity index (χ0) is 22.8. The van der Waals surface area contributed by atoms with Crippen LogP contribution in [0.25, 0.3) is 11.4 Å². The topological polar surface area (TPSA) is 105 Å². The van der Waals surface area contributed by atoms with Gasteiger partial charge in [-0.05, 0) is 43.9 Å². The highest BCUT2D eigenvalue weighted by Gasteiger charge is 2.32. The van der Waals surface area contributed by atoms with Gasteiger partial charge in [-0.1, -0.05) is 0 Å². The highest BCUT2D eigenvalue weighted by Crippen LogP contribution is 2.34. The molecule has 1 aromatic carbocycles. The highest BCUT2D eigenvalue weighted by atomic mass is 16.5. The number of fused-ring (bicyclic) bond motifs is 1. The van der Waals surface area contributed by atoms with Crippen molar-refractivity contribution < 1.29 is 14.3 Å². The van der Waals surface area contributed by atoms with Crippen molar-refractivity contribution in [1.82, 2.24) is 24.8 Å². The van der Waals surface area contributed by atoms with E-state index in [1.54, 1.807) is 13.3 Å². The largest absolute Gasteiger partial charge is 0.496 e. The molecule has 9 heteroatoms. The number of hydrogen-bond acceptors (Lipinski definition) is 7. The van der Waals surface area contributed by atoms with Gasteiger partial charge in [-0.15, -0.1) is 0 Å². The first-order valence-electron chi connectivity index (χ1n) is 11.3. The molecule has 1 aliphatic heterocycles.